The van der Waals surface area contributed by atoms with E-state index in [2.05, 4.69) is 10.0 Å². The van der Waals surface area contributed by atoms with Crippen LogP contribution < -0.4 is 14.8 Å². The van der Waals surface area contributed by atoms with Gasteiger partial charge in [-0.15, -0.1) is 0 Å². The fourth-order valence-corrected chi connectivity index (χ4v) is 4.10. The fourth-order valence-electron chi connectivity index (χ4n) is 2.71. The van der Waals surface area contributed by atoms with Gasteiger partial charge in [0.25, 0.3) is 15.9 Å². The Morgan fingerprint density at radius 1 is 1.06 bits per heavy atom. The molecule has 3 aromatic rings. The number of rotatable bonds is 7. The molecule has 0 aromatic heterocycles. The smallest absolute Gasteiger partial charge is 0.262 e. The van der Waals surface area contributed by atoms with E-state index >= 15 is 0 Å². The molecule has 6 nitrogen and oxygen atoms in total. The molecule has 0 saturated carbocycles. The van der Waals surface area contributed by atoms with E-state index in [-0.39, 0.29) is 33.9 Å². The van der Waals surface area contributed by atoms with Crippen molar-refractivity contribution >= 4 is 38.9 Å². The Hall–Kier alpha value is -3.10. The normalized spacial score (nSPS) is 11.1. The molecule has 0 saturated heterocycles. The van der Waals surface area contributed by atoms with Crippen LogP contribution in [0.15, 0.2) is 65.6 Å². The molecule has 0 aliphatic rings. The monoisotopic (exact) mass is 462 g/mol. The lowest BCUT2D eigenvalue weighted by Gasteiger charge is -2.13. The fraction of sp³-hybridized carbons (Fsp3) is 0.136. The molecule has 9 heteroatoms. The maximum absolute atomic E-state index is 13.0. The topological polar surface area (TPSA) is 84.5 Å². The van der Waals surface area contributed by atoms with E-state index in [4.69, 9.17) is 16.3 Å². The molecule has 1 amide bonds. The van der Waals surface area contributed by atoms with E-state index < -0.39 is 15.8 Å². The Kier molecular flexibility index (Phi) is 6.82. The Morgan fingerprint density at radius 3 is 2.45 bits per heavy atom. The van der Waals surface area contributed by atoms with Crippen molar-refractivity contribution in [1.82, 2.24) is 0 Å². The SMILES string of the molecule is Cc1cccc(NC(=O)COc2ccc(S(=O)(=O)Nc3ccc(F)cc3)cc2Cl)c1C. The number of hydrogen-bond donors (Lipinski definition) is 2. The third kappa shape index (κ3) is 5.74. The van der Waals surface area contributed by atoms with Crippen LogP contribution in [0.1, 0.15) is 11.1 Å². The summed E-state index contributed by atoms with van der Waals surface area (Å²) in [4.78, 5) is 12.1. The van der Waals surface area contributed by atoms with Crippen molar-refractivity contribution in [3.63, 3.8) is 0 Å². The molecule has 3 rings (SSSR count). The van der Waals surface area contributed by atoms with Crippen LogP contribution >= 0.6 is 11.6 Å². The first-order chi connectivity index (χ1) is 14.7. The minimum Gasteiger partial charge on any atom is -0.482 e. The van der Waals surface area contributed by atoms with Crippen molar-refractivity contribution in [3.05, 3.63) is 82.6 Å². The first-order valence-corrected chi connectivity index (χ1v) is 11.1. The molecule has 0 bridgehead atoms. The lowest BCUT2D eigenvalue weighted by Crippen LogP contribution is -2.21. The van der Waals surface area contributed by atoms with Gasteiger partial charge in [0.2, 0.25) is 0 Å². The number of carbonyl (C=O) groups is 1. The second-order valence-corrected chi connectivity index (χ2v) is 8.88. The van der Waals surface area contributed by atoms with E-state index in [0.717, 1.165) is 23.3 Å². The zero-order chi connectivity index (χ0) is 22.6. The van der Waals surface area contributed by atoms with Gasteiger partial charge in [-0.2, -0.15) is 0 Å². The summed E-state index contributed by atoms with van der Waals surface area (Å²) in [5.74, 6) is -0.688. The zero-order valence-corrected chi connectivity index (χ0v) is 18.4. The van der Waals surface area contributed by atoms with Gasteiger partial charge < -0.3 is 10.1 Å². The molecule has 0 heterocycles. The number of anilines is 2. The van der Waals surface area contributed by atoms with Crippen LogP contribution in [0.2, 0.25) is 5.02 Å². The number of halogens is 2. The molecule has 0 radical (unpaired) electrons. The minimum absolute atomic E-state index is 0.0292. The number of aryl methyl sites for hydroxylation is 1. The third-order valence-electron chi connectivity index (χ3n) is 4.55. The number of amides is 1. The predicted octanol–water partition coefficient (Wildman–Crippen LogP) is 4.91. The quantitative estimate of drug-likeness (QED) is 0.522. The molecule has 162 valence electrons. The second kappa shape index (κ2) is 9.36. The Bertz CT molecular complexity index is 1210. The number of benzene rings is 3. The average molecular weight is 463 g/mol. The van der Waals surface area contributed by atoms with E-state index in [9.17, 15) is 17.6 Å². The van der Waals surface area contributed by atoms with Crippen molar-refractivity contribution in [2.75, 3.05) is 16.6 Å². The standard InChI is InChI=1S/C22H20ClFN2O4S/c1-14-4-3-5-20(15(14)2)25-22(27)13-30-21-11-10-18(12-19(21)23)31(28,29)26-17-8-6-16(24)7-9-17/h3-12,26H,13H2,1-2H3,(H,25,27). The number of ether oxygens (including phenoxy) is 1. The summed E-state index contributed by atoms with van der Waals surface area (Å²) in [7, 11) is -3.94. The maximum Gasteiger partial charge on any atom is 0.262 e. The van der Waals surface area contributed by atoms with Crippen molar-refractivity contribution < 1.29 is 22.3 Å². The number of carbonyl (C=O) groups excluding carboxylic acids is 1. The molecular formula is C22H20ClFN2O4S. The van der Waals surface area contributed by atoms with Crippen LogP contribution in [0.4, 0.5) is 15.8 Å². The highest BCUT2D eigenvalue weighted by Gasteiger charge is 2.17. The zero-order valence-electron chi connectivity index (χ0n) is 16.8. The van der Waals surface area contributed by atoms with Gasteiger partial charge in [-0.3, -0.25) is 9.52 Å². The Labute approximate surface area is 185 Å². The maximum atomic E-state index is 13.0. The molecular weight excluding hydrogens is 443 g/mol. The summed E-state index contributed by atoms with van der Waals surface area (Å²) in [6.07, 6.45) is 0. The van der Waals surface area contributed by atoms with Crippen LogP contribution in [0.3, 0.4) is 0 Å². The van der Waals surface area contributed by atoms with Gasteiger partial charge in [0.05, 0.1) is 9.92 Å². The number of sulfonamides is 1. The lowest BCUT2D eigenvalue weighted by atomic mass is 10.1. The first-order valence-electron chi connectivity index (χ1n) is 9.22. The molecule has 0 fully saturated rings. The van der Waals surface area contributed by atoms with Crippen molar-refractivity contribution in [1.29, 1.82) is 0 Å². The predicted molar refractivity (Wildman–Crippen MR) is 119 cm³/mol. The van der Waals surface area contributed by atoms with E-state index in [1.807, 2.05) is 26.0 Å². The lowest BCUT2D eigenvalue weighted by molar-refractivity contribution is -0.118. The van der Waals surface area contributed by atoms with E-state index in [0.29, 0.717) is 5.69 Å². The highest BCUT2D eigenvalue weighted by molar-refractivity contribution is 7.92. The Balaban J connectivity index is 1.65. The molecule has 0 aliphatic carbocycles. The van der Waals surface area contributed by atoms with Crippen LogP contribution in [0.5, 0.6) is 5.75 Å². The van der Waals surface area contributed by atoms with Crippen LogP contribution in [-0.4, -0.2) is 20.9 Å². The highest BCUT2D eigenvalue weighted by atomic mass is 35.5. The van der Waals surface area contributed by atoms with Crippen LogP contribution in [0.25, 0.3) is 0 Å². The molecule has 0 unspecified atom stereocenters. The summed E-state index contributed by atoms with van der Waals surface area (Å²) >= 11 is 6.15. The molecule has 0 atom stereocenters. The summed E-state index contributed by atoms with van der Waals surface area (Å²) in [6, 6.07) is 14.4. The molecule has 0 spiro atoms. The van der Waals surface area contributed by atoms with Crippen molar-refractivity contribution in [3.8, 4) is 5.75 Å². The van der Waals surface area contributed by atoms with Crippen LogP contribution in [0, 0.1) is 19.7 Å². The number of nitrogens with one attached hydrogen (secondary N) is 2. The van der Waals surface area contributed by atoms with Gasteiger partial charge >= 0.3 is 0 Å². The van der Waals surface area contributed by atoms with Gasteiger partial charge in [-0.05, 0) is 73.5 Å². The summed E-state index contributed by atoms with van der Waals surface area (Å²) < 4.78 is 45.8. The van der Waals surface area contributed by atoms with Crippen molar-refractivity contribution in [2.45, 2.75) is 18.7 Å². The van der Waals surface area contributed by atoms with Crippen molar-refractivity contribution in [2.24, 2.45) is 0 Å². The van der Waals surface area contributed by atoms with E-state index in [1.165, 1.54) is 30.3 Å². The van der Waals surface area contributed by atoms with Gasteiger partial charge in [-0.25, -0.2) is 12.8 Å². The first kappa shape index (κ1) is 22.6. The molecule has 2 N–H and O–H groups in total. The summed E-state index contributed by atoms with van der Waals surface area (Å²) in [5.41, 5.74) is 2.90. The third-order valence-corrected chi connectivity index (χ3v) is 6.22. The largest absolute Gasteiger partial charge is 0.482 e. The van der Waals surface area contributed by atoms with Gasteiger partial charge in [0.15, 0.2) is 6.61 Å². The average Bonchev–Trinajstić information content (AvgIpc) is 2.72. The number of hydrogen-bond acceptors (Lipinski definition) is 4. The summed E-state index contributed by atoms with van der Waals surface area (Å²) in [5, 5.41) is 2.80. The van der Waals surface area contributed by atoms with Crippen LogP contribution in [-0.2, 0) is 14.8 Å². The van der Waals surface area contributed by atoms with Gasteiger partial charge in [0, 0.05) is 11.4 Å². The molecule has 31 heavy (non-hydrogen) atoms. The highest BCUT2D eigenvalue weighted by Crippen LogP contribution is 2.28. The minimum atomic E-state index is -3.94. The Morgan fingerprint density at radius 2 is 1.77 bits per heavy atom. The second-order valence-electron chi connectivity index (χ2n) is 6.79. The van der Waals surface area contributed by atoms with Gasteiger partial charge in [0.1, 0.15) is 11.6 Å². The molecule has 3 aromatic carbocycles. The molecule has 0 aliphatic heterocycles. The van der Waals surface area contributed by atoms with E-state index in [1.54, 1.807) is 6.07 Å². The van der Waals surface area contributed by atoms with Gasteiger partial charge in [-0.1, -0.05) is 23.7 Å². The summed E-state index contributed by atoms with van der Waals surface area (Å²) in [6.45, 7) is 3.55.